The number of aromatic nitrogens is 1. The molecule has 0 saturated heterocycles. The van der Waals surface area contributed by atoms with Gasteiger partial charge in [0.25, 0.3) is 0 Å². The van der Waals surface area contributed by atoms with Crippen molar-refractivity contribution in [2.45, 2.75) is 6.92 Å². The van der Waals surface area contributed by atoms with E-state index in [1.807, 2.05) is 0 Å². The van der Waals surface area contributed by atoms with Crippen LogP contribution in [-0.4, -0.2) is 4.98 Å². The third-order valence-electron chi connectivity index (χ3n) is 2.27. The highest BCUT2D eigenvalue weighted by Crippen LogP contribution is 2.23. The highest BCUT2D eigenvalue weighted by molar-refractivity contribution is 6.29. The number of benzene rings is 1. The normalized spacial score (nSPS) is 10.3. The lowest BCUT2D eigenvalue weighted by Crippen LogP contribution is -1.98. The summed E-state index contributed by atoms with van der Waals surface area (Å²) >= 11 is 5.79. The highest BCUT2D eigenvalue weighted by atomic mass is 35.5. The quantitative estimate of drug-likeness (QED) is 0.803. The molecular formula is C12H11ClFN3. The van der Waals surface area contributed by atoms with Crippen LogP contribution in [0.25, 0.3) is 0 Å². The van der Waals surface area contributed by atoms with Gasteiger partial charge in [0.15, 0.2) is 0 Å². The molecule has 0 unspecified atom stereocenters. The highest BCUT2D eigenvalue weighted by Gasteiger charge is 2.03. The molecule has 0 fully saturated rings. The molecule has 0 aliphatic heterocycles. The number of aryl methyl sites for hydroxylation is 1. The van der Waals surface area contributed by atoms with Crippen LogP contribution in [0.15, 0.2) is 30.3 Å². The van der Waals surface area contributed by atoms with Gasteiger partial charge in [0.1, 0.15) is 16.8 Å². The average Bonchev–Trinajstić information content (AvgIpc) is 2.21. The summed E-state index contributed by atoms with van der Waals surface area (Å²) in [6, 6.07) is 7.68. The first-order valence-electron chi connectivity index (χ1n) is 5.01. The number of nitrogens with one attached hydrogen (secondary N) is 1. The van der Waals surface area contributed by atoms with Crippen LogP contribution < -0.4 is 11.1 Å². The lowest BCUT2D eigenvalue weighted by molar-refractivity contribution is 0.627. The molecule has 1 aromatic carbocycles. The van der Waals surface area contributed by atoms with Crippen molar-refractivity contribution < 1.29 is 4.39 Å². The number of halogens is 2. The zero-order chi connectivity index (χ0) is 12.4. The summed E-state index contributed by atoms with van der Waals surface area (Å²) in [4.78, 5) is 4.07. The van der Waals surface area contributed by atoms with E-state index in [-0.39, 0.29) is 5.82 Å². The Hall–Kier alpha value is -1.81. The summed E-state index contributed by atoms with van der Waals surface area (Å²) in [6.45, 7) is 1.80. The van der Waals surface area contributed by atoms with Crippen molar-refractivity contribution in [2.75, 3.05) is 11.1 Å². The molecule has 0 atom stereocenters. The lowest BCUT2D eigenvalue weighted by atomic mass is 10.2. The van der Waals surface area contributed by atoms with E-state index in [0.717, 1.165) is 11.3 Å². The SMILES string of the molecule is Cc1cc(F)ccc1Nc1cc(N)cc(Cl)n1. The molecule has 0 spiro atoms. The van der Waals surface area contributed by atoms with Crippen molar-refractivity contribution in [1.82, 2.24) is 4.98 Å². The Labute approximate surface area is 103 Å². The predicted molar refractivity (Wildman–Crippen MR) is 68.1 cm³/mol. The monoisotopic (exact) mass is 251 g/mol. The summed E-state index contributed by atoms with van der Waals surface area (Å²) in [5, 5.41) is 3.35. The van der Waals surface area contributed by atoms with E-state index < -0.39 is 0 Å². The number of hydrogen-bond acceptors (Lipinski definition) is 3. The fraction of sp³-hybridized carbons (Fsp3) is 0.0833. The minimum absolute atomic E-state index is 0.272. The maximum absolute atomic E-state index is 12.9. The van der Waals surface area contributed by atoms with Gasteiger partial charge in [-0.2, -0.15) is 0 Å². The maximum atomic E-state index is 12.9. The third kappa shape index (κ3) is 2.85. The van der Waals surface area contributed by atoms with Crippen LogP contribution in [0, 0.1) is 12.7 Å². The maximum Gasteiger partial charge on any atom is 0.134 e. The molecule has 0 amide bonds. The van der Waals surface area contributed by atoms with Gasteiger partial charge in [0.2, 0.25) is 0 Å². The van der Waals surface area contributed by atoms with Crippen molar-refractivity contribution in [3.8, 4) is 0 Å². The number of nitrogens with two attached hydrogens (primary N) is 1. The van der Waals surface area contributed by atoms with Gasteiger partial charge in [-0.1, -0.05) is 11.6 Å². The van der Waals surface area contributed by atoms with Crippen LogP contribution in [0.3, 0.4) is 0 Å². The largest absolute Gasteiger partial charge is 0.399 e. The van der Waals surface area contributed by atoms with E-state index in [2.05, 4.69) is 10.3 Å². The smallest absolute Gasteiger partial charge is 0.134 e. The second kappa shape index (κ2) is 4.59. The Morgan fingerprint density at radius 1 is 1.29 bits per heavy atom. The minimum Gasteiger partial charge on any atom is -0.399 e. The molecule has 88 valence electrons. The van der Waals surface area contributed by atoms with E-state index in [1.54, 1.807) is 25.1 Å². The Balaban J connectivity index is 2.31. The molecule has 2 rings (SSSR count). The van der Waals surface area contributed by atoms with E-state index in [0.29, 0.717) is 16.7 Å². The molecule has 0 aliphatic carbocycles. The van der Waals surface area contributed by atoms with Crippen LogP contribution in [0.2, 0.25) is 5.15 Å². The van der Waals surface area contributed by atoms with E-state index >= 15 is 0 Å². The molecule has 0 saturated carbocycles. The molecule has 1 aromatic heterocycles. The first-order chi connectivity index (χ1) is 8.04. The number of rotatable bonds is 2. The van der Waals surface area contributed by atoms with Gasteiger partial charge in [-0.3, -0.25) is 0 Å². The summed E-state index contributed by atoms with van der Waals surface area (Å²) < 4.78 is 12.9. The van der Waals surface area contributed by atoms with Gasteiger partial charge in [-0.15, -0.1) is 0 Å². The number of pyridine rings is 1. The van der Waals surface area contributed by atoms with Gasteiger partial charge >= 0.3 is 0 Å². The van der Waals surface area contributed by atoms with Gasteiger partial charge in [0.05, 0.1) is 0 Å². The summed E-state index contributed by atoms with van der Waals surface area (Å²) in [5.74, 6) is 0.260. The topological polar surface area (TPSA) is 50.9 Å². The molecule has 1 heterocycles. The summed E-state index contributed by atoms with van der Waals surface area (Å²) in [7, 11) is 0. The number of nitrogens with zero attached hydrogens (tertiary/aromatic N) is 1. The Morgan fingerprint density at radius 3 is 2.71 bits per heavy atom. The first-order valence-corrected chi connectivity index (χ1v) is 5.38. The molecule has 3 nitrogen and oxygen atoms in total. The lowest BCUT2D eigenvalue weighted by Gasteiger charge is -2.09. The van der Waals surface area contributed by atoms with E-state index in [4.69, 9.17) is 17.3 Å². The third-order valence-corrected chi connectivity index (χ3v) is 2.46. The Bertz CT molecular complexity index is 537. The molecule has 0 bridgehead atoms. The summed E-state index contributed by atoms with van der Waals surface area (Å²) in [6.07, 6.45) is 0. The Kier molecular flexibility index (Phi) is 3.15. The molecule has 17 heavy (non-hydrogen) atoms. The van der Waals surface area contributed by atoms with Crippen LogP contribution >= 0.6 is 11.6 Å². The van der Waals surface area contributed by atoms with Gasteiger partial charge in [-0.25, -0.2) is 9.37 Å². The fourth-order valence-corrected chi connectivity index (χ4v) is 1.70. The van der Waals surface area contributed by atoms with Crippen molar-refractivity contribution >= 4 is 28.8 Å². The fourth-order valence-electron chi connectivity index (χ4n) is 1.49. The van der Waals surface area contributed by atoms with Crippen LogP contribution in [0.1, 0.15) is 5.56 Å². The van der Waals surface area contributed by atoms with Crippen molar-refractivity contribution in [3.63, 3.8) is 0 Å². The van der Waals surface area contributed by atoms with Gasteiger partial charge in [-0.05, 0) is 36.8 Å². The van der Waals surface area contributed by atoms with Crippen molar-refractivity contribution in [1.29, 1.82) is 0 Å². The van der Waals surface area contributed by atoms with Crippen molar-refractivity contribution in [3.05, 3.63) is 46.9 Å². The second-order valence-corrected chi connectivity index (χ2v) is 4.08. The van der Waals surface area contributed by atoms with Crippen molar-refractivity contribution in [2.24, 2.45) is 0 Å². The van der Waals surface area contributed by atoms with Crippen LogP contribution in [0.4, 0.5) is 21.6 Å². The number of hydrogen-bond donors (Lipinski definition) is 2. The van der Waals surface area contributed by atoms with Gasteiger partial charge in [0, 0.05) is 17.4 Å². The molecule has 2 aromatic rings. The standard InChI is InChI=1S/C12H11ClFN3/c1-7-4-8(14)2-3-10(7)16-12-6-9(15)5-11(13)17-12/h2-6H,1H3,(H3,15,16,17). The zero-order valence-corrected chi connectivity index (χ0v) is 9.92. The molecular weight excluding hydrogens is 241 g/mol. The Morgan fingerprint density at radius 2 is 2.06 bits per heavy atom. The first kappa shape index (κ1) is 11.7. The molecule has 5 heteroatoms. The van der Waals surface area contributed by atoms with E-state index in [9.17, 15) is 4.39 Å². The van der Waals surface area contributed by atoms with Crippen LogP contribution in [-0.2, 0) is 0 Å². The van der Waals surface area contributed by atoms with E-state index in [1.165, 1.54) is 12.1 Å². The molecule has 3 N–H and O–H groups in total. The van der Waals surface area contributed by atoms with Gasteiger partial charge < -0.3 is 11.1 Å². The summed E-state index contributed by atoms with van der Waals surface area (Å²) in [5.41, 5.74) is 7.72. The predicted octanol–water partition coefficient (Wildman–Crippen LogP) is 3.51. The molecule has 0 aliphatic rings. The number of anilines is 3. The zero-order valence-electron chi connectivity index (χ0n) is 9.17. The average molecular weight is 252 g/mol. The molecule has 0 radical (unpaired) electrons. The minimum atomic E-state index is -0.272. The van der Waals surface area contributed by atoms with Crippen LogP contribution in [0.5, 0.6) is 0 Å². The number of nitrogen functional groups attached to an aromatic ring is 1. The second-order valence-electron chi connectivity index (χ2n) is 3.69.